The molecule has 2 amide bonds. The molecule has 0 aliphatic carbocycles. The molecule has 3 aromatic heterocycles. The van der Waals surface area contributed by atoms with Gasteiger partial charge in [-0.15, -0.1) is 5.10 Å². The summed E-state index contributed by atoms with van der Waals surface area (Å²) in [5, 5.41) is 20.6. The maximum absolute atomic E-state index is 12.7. The SMILES string of the molecule is O=CNc1ccc(-c2cn(-c3ccc(NC(=O)c4cccc(-c5ccn[nH]5)n4)cc3)nn2)cc1. The Morgan fingerprint density at radius 1 is 0.912 bits per heavy atom. The summed E-state index contributed by atoms with van der Waals surface area (Å²) in [4.78, 5) is 27.6. The monoisotopic (exact) mass is 450 g/mol. The first-order chi connectivity index (χ1) is 16.7. The van der Waals surface area contributed by atoms with Crippen LogP contribution in [0.25, 0.3) is 28.3 Å². The number of hydrogen-bond donors (Lipinski definition) is 3. The van der Waals surface area contributed by atoms with E-state index >= 15 is 0 Å². The smallest absolute Gasteiger partial charge is 0.274 e. The summed E-state index contributed by atoms with van der Waals surface area (Å²) in [6.07, 6.45) is 4.07. The average Bonchev–Trinajstić information content (AvgIpc) is 3.58. The highest BCUT2D eigenvalue weighted by atomic mass is 16.2. The van der Waals surface area contributed by atoms with Gasteiger partial charge in [0.2, 0.25) is 6.41 Å². The van der Waals surface area contributed by atoms with Gasteiger partial charge in [-0.25, -0.2) is 9.67 Å². The predicted octanol–water partition coefficient (Wildman–Crippen LogP) is 3.54. The zero-order chi connectivity index (χ0) is 23.3. The van der Waals surface area contributed by atoms with E-state index in [1.165, 1.54) is 0 Å². The summed E-state index contributed by atoms with van der Waals surface area (Å²) in [6.45, 7) is 0. The molecule has 0 radical (unpaired) electrons. The van der Waals surface area contributed by atoms with Crippen LogP contribution < -0.4 is 10.6 Å². The Balaban J connectivity index is 1.28. The van der Waals surface area contributed by atoms with Crippen molar-refractivity contribution in [3.8, 4) is 28.3 Å². The van der Waals surface area contributed by atoms with Gasteiger partial charge in [0, 0.05) is 23.1 Å². The highest BCUT2D eigenvalue weighted by molar-refractivity contribution is 6.03. The molecule has 0 aliphatic heterocycles. The zero-order valence-corrected chi connectivity index (χ0v) is 17.7. The first kappa shape index (κ1) is 20.8. The van der Waals surface area contributed by atoms with Crippen molar-refractivity contribution in [2.75, 3.05) is 10.6 Å². The number of anilines is 2. The number of nitrogens with one attached hydrogen (secondary N) is 3. The second kappa shape index (κ2) is 9.17. The van der Waals surface area contributed by atoms with Gasteiger partial charge in [-0.2, -0.15) is 5.10 Å². The van der Waals surface area contributed by atoms with Crippen LogP contribution in [0, 0.1) is 0 Å². The Morgan fingerprint density at radius 2 is 1.71 bits per heavy atom. The van der Waals surface area contributed by atoms with Crippen LogP contribution in [0.2, 0.25) is 0 Å². The molecule has 5 aromatic rings. The molecule has 34 heavy (non-hydrogen) atoms. The first-order valence-corrected chi connectivity index (χ1v) is 10.3. The van der Waals surface area contributed by atoms with E-state index in [0.29, 0.717) is 34.9 Å². The van der Waals surface area contributed by atoms with Crippen LogP contribution in [0.4, 0.5) is 11.4 Å². The lowest BCUT2D eigenvalue weighted by Gasteiger charge is -2.07. The van der Waals surface area contributed by atoms with Crippen molar-refractivity contribution in [2.45, 2.75) is 0 Å². The fourth-order valence-corrected chi connectivity index (χ4v) is 3.33. The Morgan fingerprint density at radius 3 is 2.44 bits per heavy atom. The van der Waals surface area contributed by atoms with Crippen molar-refractivity contribution in [3.05, 3.63) is 90.9 Å². The molecule has 2 aromatic carbocycles. The van der Waals surface area contributed by atoms with Gasteiger partial charge in [-0.1, -0.05) is 23.4 Å². The van der Waals surface area contributed by atoms with Crippen molar-refractivity contribution in [1.82, 2.24) is 30.2 Å². The standard InChI is InChI=1S/C24H18N8O2/c33-15-25-17-6-4-16(5-7-17)23-14-32(31-30-23)19-10-8-18(9-11-19)27-24(34)22-3-1-2-20(28-22)21-12-13-26-29-21/h1-15H,(H,25,33)(H,26,29)(H,27,34). The number of benzene rings is 2. The highest BCUT2D eigenvalue weighted by Crippen LogP contribution is 2.21. The van der Waals surface area contributed by atoms with Crippen molar-refractivity contribution < 1.29 is 9.59 Å². The van der Waals surface area contributed by atoms with Crippen LogP contribution in [-0.4, -0.2) is 42.5 Å². The molecular formula is C24H18N8O2. The normalized spacial score (nSPS) is 10.6. The number of H-pyrrole nitrogens is 1. The molecule has 3 N–H and O–H groups in total. The molecule has 0 atom stereocenters. The minimum atomic E-state index is -0.315. The van der Waals surface area contributed by atoms with E-state index in [1.54, 1.807) is 59.5 Å². The topological polar surface area (TPSA) is 130 Å². The number of hydrogen-bond acceptors (Lipinski definition) is 6. The van der Waals surface area contributed by atoms with Gasteiger partial charge in [0.05, 0.1) is 23.3 Å². The minimum Gasteiger partial charge on any atom is -0.329 e. The van der Waals surface area contributed by atoms with Crippen molar-refractivity contribution in [3.63, 3.8) is 0 Å². The van der Waals surface area contributed by atoms with E-state index < -0.39 is 0 Å². The molecule has 0 unspecified atom stereocenters. The average molecular weight is 450 g/mol. The predicted molar refractivity (Wildman–Crippen MR) is 126 cm³/mol. The van der Waals surface area contributed by atoms with Gasteiger partial charge in [-0.05, 0) is 54.6 Å². The van der Waals surface area contributed by atoms with Crippen LogP contribution in [0.15, 0.2) is 85.2 Å². The molecule has 0 fully saturated rings. The van der Waals surface area contributed by atoms with Crippen LogP contribution in [0.1, 0.15) is 10.5 Å². The maximum Gasteiger partial charge on any atom is 0.274 e. The van der Waals surface area contributed by atoms with Crippen molar-refractivity contribution in [2.24, 2.45) is 0 Å². The summed E-state index contributed by atoms with van der Waals surface area (Å²) in [6, 6.07) is 21.6. The van der Waals surface area contributed by atoms with E-state index in [2.05, 4.69) is 36.1 Å². The Hall–Kier alpha value is -5.12. The van der Waals surface area contributed by atoms with Gasteiger partial charge in [-0.3, -0.25) is 14.7 Å². The van der Waals surface area contributed by atoms with E-state index in [0.717, 1.165) is 16.9 Å². The number of pyridine rings is 1. The lowest BCUT2D eigenvalue weighted by molar-refractivity contribution is -0.105. The summed E-state index contributed by atoms with van der Waals surface area (Å²) >= 11 is 0. The molecule has 0 spiro atoms. The van der Waals surface area contributed by atoms with Gasteiger partial charge in [0.15, 0.2) is 0 Å². The number of nitrogens with zero attached hydrogens (tertiary/aromatic N) is 5. The van der Waals surface area contributed by atoms with E-state index in [1.807, 2.05) is 30.3 Å². The summed E-state index contributed by atoms with van der Waals surface area (Å²) in [5.41, 5.74) is 5.35. The molecular weight excluding hydrogens is 432 g/mol. The third kappa shape index (κ3) is 4.41. The highest BCUT2D eigenvalue weighted by Gasteiger charge is 2.11. The molecule has 5 rings (SSSR count). The van der Waals surface area contributed by atoms with E-state index in [4.69, 9.17) is 0 Å². The Bertz CT molecular complexity index is 1420. The molecule has 10 heteroatoms. The molecule has 0 bridgehead atoms. The quantitative estimate of drug-likeness (QED) is 0.325. The van der Waals surface area contributed by atoms with Crippen LogP contribution in [-0.2, 0) is 4.79 Å². The van der Waals surface area contributed by atoms with Crippen molar-refractivity contribution >= 4 is 23.7 Å². The number of amides is 2. The lowest BCUT2D eigenvalue weighted by Crippen LogP contribution is -2.14. The largest absolute Gasteiger partial charge is 0.329 e. The fourth-order valence-electron chi connectivity index (χ4n) is 3.33. The van der Waals surface area contributed by atoms with E-state index in [-0.39, 0.29) is 5.91 Å². The number of carbonyl (C=O) groups is 2. The molecule has 0 saturated heterocycles. The summed E-state index contributed by atoms with van der Waals surface area (Å²) in [5.74, 6) is -0.315. The maximum atomic E-state index is 12.7. The van der Waals surface area contributed by atoms with Gasteiger partial charge in [0.1, 0.15) is 11.4 Å². The molecule has 10 nitrogen and oxygen atoms in total. The van der Waals surface area contributed by atoms with Crippen LogP contribution >= 0.6 is 0 Å². The number of rotatable bonds is 7. The Labute approximate surface area is 193 Å². The van der Waals surface area contributed by atoms with Gasteiger partial charge >= 0.3 is 0 Å². The molecule has 3 heterocycles. The molecule has 0 aliphatic rings. The second-order valence-electron chi connectivity index (χ2n) is 7.27. The van der Waals surface area contributed by atoms with Gasteiger partial charge in [0.25, 0.3) is 5.91 Å². The number of carbonyl (C=O) groups excluding carboxylic acids is 2. The number of aromatic nitrogens is 6. The van der Waals surface area contributed by atoms with Crippen molar-refractivity contribution in [1.29, 1.82) is 0 Å². The Kier molecular flexibility index (Phi) is 5.60. The fraction of sp³-hybridized carbons (Fsp3) is 0. The molecule has 0 saturated carbocycles. The minimum absolute atomic E-state index is 0.298. The summed E-state index contributed by atoms with van der Waals surface area (Å²) < 4.78 is 1.65. The van der Waals surface area contributed by atoms with Crippen LogP contribution in [0.5, 0.6) is 0 Å². The van der Waals surface area contributed by atoms with E-state index in [9.17, 15) is 9.59 Å². The third-order valence-corrected chi connectivity index (χ3v) is 5.05. The first-order valence-electron chi connectivity index (χ1n) is 10.3. The van der Waals surface area contributed by atoms with Crippen LogP contribution in [0.3, 0.4) is 0 Å². The third-order valence-electron chi connectivity index (χ3n) is 5.05. The number of aromatic amines is 1. The van der Waals surface area contributed by atoms with Gasteiger partial charge < -0.3 is 10.6 Å². The summed E-state index contributed by atoms with van der Waals surface area (Å²) in [7, 11) is 0. The molecule has 166 valence electrons. The lowest BCUT2D eigenvalue weighted by atomic mass is 10.1. The second-order valence-corrected chi connectivity index (χ2v) is 7.27. The zero-order valence-electron chi connectivity index (χ0n) is 17.7.